The molecule has 3 rings (SSSR count). The highest BCUT2D eigenvalue weighted by atomic mass is 127. The summed E-state index contributed by atoms with van der Waals surface area (Å²) in [5.74, 6) is 2.75. The summed E-state index contributed by atoms with van der Waals surface area (Å²) in [7, 11) is -1.55. The number of hydrogen-bond donors (Lipinski definition) is 1. The molecule has 0 unspecified atom stereocenters. The third-order valence-electron chi connectivity index (χ3n) is 5.03. The van der Waals surface area contributed by atoms with Crippen molar-refractivity contribution in [2.45, 2.75) is 45.9 Å². The highest BCUT2D eigenvalue weighted by molar-refractivity contribution is 14.0. The van der Waals surface area contributed by atoms with E-state index < -0.39 is 10.0 Å². The van der Waals surface area contributed by atoms with Crippen molar-refractivity contribution < 1.29 is 13.2 Å². The fourth-order valence-corrected chi connectivity index (χ4v) is 4.81. The van der Waals surface area contributed by atoms with Gasteiger partial charge in [0.25, 0.3) is 0 Å². The molecule has 12 heteroatoms. The first-order valence-corrected chi connectivity index (χ1v) is 11.5. The average Bonchev–Trinajstić information content (AvgIpc) is 3.27. The number of fused-ring (bicyclic) bond motifs is 1. The highest BCUT2D eigenvalue weighted by Gasteiger charge is 2.28. The Bertz CT molecular complexity index is 789. The molecule has 1 saturated heterocycles. The molecule has 2 aliphatic heterocycles. The van der Waals surface area contributed by atoms with E-state index in [1.54, 1.807) is 11.4 Å². The monoisotopic (exact) mass is 541 g/mol. The molecule has 1 fully saturated rings. The molecule has 0 aliphatic carbocycles. The lowest BCUT2D eigenvalue weighted by Crippen LogP contribution is -2.54. The summed E-state index contributed by atoms with van der Waals surface area (Å²) in [6.07, 6.45) is 2.14. The van der Waals surface area contributed by atoms with Crippen molar-refractivity contribution in [2.75, 3.05) is 45.6 Å². The van der Waals surface area contributed by atoms with Crippen molar-refractivity contribution in [1.82, 2.24) is 29.3 Å². The Hall–Kier alpha value is -0.990. The zero-order valence-corrected chi connectivity index (χ0v) is 20.5. The maximum absolute atomic E-state index is 12.5. The molecule has 1 N–H and O–H groups in total. The summed E-state index contributed by atoms with van der Waals surface area (Å²) in [4.78, 5) is 6.43. The smallest absolute Gasteiger partial charge is 0.216 e. The third kappa shape index (κ3) is 6.25. The molecule has 0 bridgehead atoms. The third-order valence-corrected chi connectivity index (χ3v) is 6.86. The maximum atomic E-state index is 12.5. The number of sulfonamides is 1. The number of nitrogens with zero attached hydrogens (tertiary/aromatic N) is 6. The van der Waals surface area contributed by atoms with E-state index >= 15 is 0 Å². The number of halogens is 1. The number of nitrogens with one attached hydrogen (secondary N) is 1. The first-order chi connectivity index (χ1) is 13.4. The fraction of sp³-hybridized carbons (Fsp3) is 0.824. The largest absolute Gasteiger partial charge is 0.378 e. The lowest BCUT2D eigenvalue weighted by atomic mass is 10.4. The quantitative estimate of drug-likeness (QED) is 0.301. The molecular formula is C17H32IN7O3S. The van der Waals surface area contributed by atoms with Crippen molar-refractivity contribution in [3.63, 3.8) is 0 Å². The summed E-state index contributed by atoms with van der Waals surface area (Å²) in [5, 5.41) is 11.8. The lowest BCUT2D eigenvalue weighted by molar-refractivity contribution is 0.0904. The van der Waals surface area contributed by atoms with Crippen LogP contribution in [-0.2, 0) is 34.3 Å². The van der Waals surface area contributed by atoms with Crippen LogP contribution in [0.15, 0.2) is 4.99 Å². The Balaban J connectivity index is 0.00000300. The van der Waals surface area contributed by atoms with Crippen LogP contribution in [0.3, 0.4) is 0 Å². The summed E-state index contributed by atoms with van der Waals surface area (Å²) in [5.41, 5.74) is 0. The Labute approximate surface area is 190 Å². The van der Waals surface area contributed by atoms with Crippen molar-refractivity contribution in [1.29, 1.82) is 0 Å². The van der Waals surface area contributed by atoms with Gasteiger partial charge in [0.1, 0.15) is 5.82 Å². The van der Waals surface area contributed by atoms with Crippen LogP contribution in [0.1, 0.15) is 31.9 Å². The molecule has 0 saturated carbocycles. The van der Waals surface area contributed by atoms with Gasteiger partial charge in [0.05, 0.1) is 25.0 Å². The van der Waals surface area contributed by atoms with Gasteiger partial charge in [-0.2, -0.15) is 4.31 Å². The van der Waals surface area contributed by atoms with E-state index in [1.165, 1.54) is 0 Å². The standard InChI is InChI=1S/C17H31N7O3S.HI/c1-14(2)27-11-12-28(25,26)23-9-7-22(8-10-23)17(18-3)19-13-16-21-20-15-5-4-6-24(15)16;/h14H,4-13H2,1-3H3,(H,18,19);1H. The number of hydrogen-bond acceptors (Lipinski definition) is 6. The Morgan fingerprint density at radius 2 is 1.93 bits per heavy atom. The van der Waals surface area contributed by atoms with Gasteiger partial charge in [0.2, 0.25) is 10.0 Å². The SMILES string of the molecule is CN=C(NCc1nnc2n1CCC2)N1CCN(S(=O)(=O)CCOC(C)C)CC1.I. The maximum Gasteiger partial charge on any atom is 0.216 e. The number of piperazine rings is 1. The van der Waals surface area contributed by atoms with E-state index in [9.17, 15) is 8.42 Å². The summed E-state index contributed by atoms with van der Waals surface area (Å²) >= 11 is 0. The van der Waals surface area contributed by atoms with Gasteiger partial charge in [-0.3, -0.25) is 4.99 Å². The number of guanidine groups is 1. The molecule has 1 aromatic rings. The minimum absolute atomic E-state index is 0. The Morgan fingerprint density at radius 1 is 1.21 bits per heavy atom. The molecule has 2 aliphatic rings. The average molecular weight is 541 g/mol. The van der Waals surface area contributed by atoms with Gasteiger partial charge >= 0.3 is 0 Å². The van der Waals surface area contributed by atoms with Gasteiger partial charge in [0, 0.05) is 46.2 Å². The van der Waals surface area contributed by atoms with Crippen LogP contribution in [0.4, 0.5) is 0 Å². The molecule has 1 aromatic heterocycles. The first kappa shape index (κ1) is 24.3. The molecule has 0 aromatic carbocycles. The van der Waals surface area contributed by atoms with Crippen molar-refractivity contribution in [3.8, 4) is 0 Å². The molecule has 0 atom stereocenters. The van der Waals surface area contributed by atoms with Gasteiger partial charge < -0.3 is 19.5 Å². The van der Waals surface area contributed by atoms with E-state index in [4.69, 9.17) is 4.74 Å². The second-order valence-electron chi connectivity index (χ2n) is 7.31. The van der Waals surface area contributed by atoms with Gasteiger partial charge in [-0.05, 0) is 20.3 Å². The van der Waals surface area contributed by atoms with E-state index in [1.807, 2.05) is 13.8 Å². The summed E-state index contributed by atoms with van der Waals surface area (Å²) in [6.45, 7) is 7.65. The normalized spacial score (nSPS) is 18.1. The van der Waals surface area contributed by atoms with Gasteiger partial charge in [-0.15, -0.1) is 34.2 Å². The Kier molecular flexibility index (Phi) is 9.10. The second-order valence-corrected chi connectivity index (χ2v) is 9.40. The van der Waals surface area contributed by atoms with E-state index in [0.29, 0.717) is 32.7 Å². The topological polar surface area (TPSA) is 105 Å². The molecule has 0 radical (unpaired) electrons. The molecule has 3 heterocycles. The minimum Gasteiger partial charge on any atom is -0.378 e. The van der Waals surface area contributed by atoms with Crippen LogP contribution in [0, 0.1) is 0 Å². The predicted octanol–water partition coefficient (Wildman–Crippen LogP) is 0.290. The zero-order valence-electron chi connectivity index (χ0n) is 17.4. The van der Waals surface area contributed by atoms with Crippen LogP contribution < -0.4 is 5.32 Å². The Morgan fingerprint density at radius 3 is 2.59 bits per heavy atom. The number of rotatable bonds is 7. The summed E-state index contributed by atoms with van der Waals surface area (Å²) in [6, 6.07) is 0. The molecule has 166 valence electrons. The number of aliphatic imine (C=N–C) groups is 1. The van der Waals surface area contributed by atoms with Crippen LogP contribution in [-0.4, -0.2) is 90.0 Å². The molecule has 29 heavy (non-hydrogen) atoms. The summed E-state index contributed by atoms with van der Waals surface area (Å²) < 4.78 is 34.0. The zero-order chi connectivity index (χ0) is 20.1. The van der Waals surface area contributed by atoms with Gasteiger partial charge in [0.15, 0.2) is 11.8 Å². The molecule has 0 spiro atoms. The van der Waals surface area contributed by atoms with Crippen LogP contribution in [0.25, 0.3) is 0 Å². The molecule has 10 nitrogen and oxygen atoms in total. The molecular weight excluding hydrogens is 509 g/mol. The number of aryl methyl sites for hydroxylation is 1. The second kappa shape index (κ2) is 10.9. The predicted molar refractivity (Wildman–Crippen MR) is 122 cm³/mol. The highest BCUT2D eigenvalue weighted by Crippen LogP contribution is 2.14. The van der Waals surface area contributed by atoms with Crippen molar-refractivity contribution in [2.24, 2.45) is 4.99 Å². The van der Waals surface area contributed by atoms with Crippen LogP contribution in [0.2, 0.25) is 0 Å². The lowest BCUT2D eigenvalue weighted by Gasteiger charge is -2.35. The van der Waals surface area contributed by atoms with Gasteiger partial charge in [-0.25, -0.2) is 8.42 Å². The first-order valence-electron chi connectivity index (χ1n) is 9.86. The van der Waals surface area contributed by atoms with E-state index in [2.05, 4.69) is 30.0 Å². The molecule has 0 amide bonds. The van der Waals surface area contributed by atoms with Crippen molar-refractivity contribution >= 4 is 40.0 Å². The number of aromatic nitrogens is 3. The van der Waals surface area contributed by atoms with Gasteiger partial charge in [-0.1, -0.05) is 0 Å². The van der Waals surface area contributed by atoms with Crippen LogP contribution in [0.5, 0.6) is 0 Å². The van der Waals surface area contributed by atoms with Crippen molar-refractivity contribution in [3.05, 3.63) is 11.6 Å². The number of ether oxygens (including phenoxy) is 1. The van der Waals surface area contributed by atoms with E-state index in [0.717, 1.165) is 37.0 Å². The fourth-order valence-electron chi connectivity index (χ4n) is 3.53. The van der Waals surface area contributed by atoms with E-state index in [-0.39, 0.29) is 42.4 Å². The minimum atomic E-state index is -3.29. The van der Waals surface area contributed by atoms with Crippen LogP contribution >= 0.6 is 24.0 Å².